The zero-order valence-electron chi connectivity index (χ0n) is 11.5. The van der Waals surface area contributed by atoms with Crippen molar-refractivity contribution in [2.45, 2.75) is 38.1 Å². The van der Waals surface area contributed by atoms with Crippen molar-refractivity contribution >= 4 is 6.21 Å². The summed E-state index contributed by atoms with van der Waals surface area (Å²) in [6, 6.07) is 8.05. The molecule has 0 radical (unpaired) electrons. The first-order valence-corrected chi connectivity index (χ1v) is 7.22. The fourth-order valence-corrected chi connectivity index (χ4v) is 2.81. The topological polar surface area (TPSA) is 43.9 Å². The van der Waals surface area contributed by atoms with Gasteiger partial charge in [-0.3, -0.25) is 0 Å². The summed E-state index contributed by atoms with van der Waals surface area (Å²) in [5, 5.41) is 12.3. The van der Waals surface area contributed by atoms with Crippen LogP contribution in [0.25, 0.3) is 5.69 Å². The van der Waals surface area contributed by atoms with E-state index in [0.717, 1.165) is 28.8 Å². The fourth-order valence-electron chi connectivity index (χ4n) is 2.81. The van der Waals surface area contributed by atoms with E-state index >= 15 is 0 Å². The van der Waals surface area contributed by atoms with Crippen LogP contribution < -0.4 is 0 Å². The van der Waals surface area contributed by atoms with Gasteiger partial charge in [0.2, 0.25) is 0 Å². The molecule has 1 aliphatic carbocycles. The predicted octanol–water partition coefficient (Wildman–Crippen LogP) is 3.13. The highest BCUT2D eigenvalue weighted by Crippen LogP contribution is 2.20. The van der Waals surface area contributed by atoms with Gasteiger partial charge in [0.25, 0.3) is 0 Å². The van der Waals surface area contributed by atoms with Crippen LogP contribution in [0.1, 0.15) is 37.7 Å². The normalized spacial score (nSPS) is 17.3. The molecule has 1 fully saturated rings. The smallest absolute Gasteiger partial charge is 0.184 e. The third-order valence-electron chi connectivity index (χ3n) is 3.92. The first-order chi connectivity index (χ1) is 9.84. The number of para-hydroxylation sites is 1. The number of aromatic nitrogens is 2. The highest BCUT2D eigenvalue weighted by Gasteiger charge is 2.19. The minimum atomic E-state index is 0.139. The fraction of sp³-hybridized carbons (Fsp3) is 0.375. The van der Waals surface area contributed by atoms with Gasteiger partial charge in [0.1, 0.15) is 0 Å². The molecule has 4 heteroatoms. The second-order valence-electron chi connectivity index (χ2n) is 5.31. The van der Waals surface area contributed by atoms with Gasteiger partial charge in [-0.2, -0.15) is 0 Å². The molecule has 0 N–H and O–H groups in total. The van der Waals surface area contributed by atoms with Crippen LogP contribution in [0.2, 0.25) is 0 Å². The van der Waals surface area contributed by atoms with Gasteiger partial charge in [0.05, 0.1) is 17.6 Å². The van der Waals surface area contributed by atoms with Gasteiger partial charge in [-0.25, -0.2) is 9.72 Å². The van der Waals surface area contributed by atoms with Gasteiger partial charge in [-0.1, -0.05) is 18.6 Å². The van der Waals surface area contributed by atoms with E-state index in [4.69, 9.17) is 0 Å². The quantitative estimate of drug-likeness (QED) is 0.372. The third-order valence-corrected chi connectivity index (χ3v) is 3.92. The van der Waals surface area contributed by atoms with Gasteiger partial charge in [-0.15, -0.1) is 0 Å². The number of imidazole rings is 1. The molecule has 104 valence electrons. The summed E-state index contributed by atoms with van der Waals surface area (Å²) in [6.07, 6.45) is 12.7. The van der Waals surface area contributed by atoms with Crippen molar-refractivity contribution in [2.75, 3.05) is 0 Å². The minimum Gasteiger partial charge on any atom is -0.624 e. The maximum Gasteiger partial charge on any atom is 0.184 e. The Bertz CT molecular complexity index is 584. The Morgan fingerprint density at radius 2 is 2.00 bits per heavy atom. The van der Waals surface area contributed by atoms with Crippen molar-refractivity contribution in [2.24, 2.45) is 0 Å². The van der Waals surface area contributed by atoms with Crippen LogP contribution in [-0.4, -0.2) is 26.5 Å². The van der Waals surface area contributed by atoms with Gasteiger partial charge >= 0.3 is 0 Å². The lowest BCUT2D eigenvalue weighted by Crippen LogP contribution is -2.25. The second-order valence-corrected chi connectivity index (χ2v) is 5.31. The Kier molecular flexibility index (Phi) is 3.81. The van der Waals surface area contributed by atoms with E-state index in [1.807, 2.05) is 35.0 Å². The molecule has 0 bridgehead atoms. The summed E-state index contributed by atoms with van der Waals surface area (Å²) in [7, 11) is 0. The average Bonchev–Trinajstić information content (AvgIpc) is 3.03. The number of hydrogen-bond donors (Lipinski definition) is 0. The highest BCUT2D eigenvalue weighted by molar-refractivity contribution is 5.81. The second kappa shape index (κ2) is 5.90. The summed E-state index contributed by atoms with van der Waals surface area (Å²) in [5.74, 6) is 0. The molecule has 0 aliphatic heterocycles. The molecule has 20 heavy (non-hydrogen) atoms. The van der Waals surface area contributed by atoms with E-state index in [2.05, 4.69) is 4.98 Å². The summed E-state index contributed by atoms with van der Waals surface area (Å²) < 4.78 is 3.08. The van der Waals surface area contributed by atoms with Gasteiger partial charge in [0.15, 0.2) is 12.3 Å². The largest absolute Gasteiger partial charge is 0.624 e. The SMILES string of the molecule is [O-][N+](=Cc1ccccc1-n1ccnc1)C1CCCCC1. The molecule has 1 heterocycles. The van der Waals surface area contributed by atoms with Crippen LogP contribution in [0.5, 0.6) is 0 Å². The van der Waals surface area contributed by atoms with Crippen molar-refractivity contribution in [3.8, 4) is 5.69 Å². The van der Waals surface area contributed by atoms with Crippen LogP contribution in [0.3, 0.4) is 0 Å². The van der Waals surface area contributed by atoms with Crippen LogP contribution in [-0.2, 0) is 0 Å². The number of rotatable bonds is 3. The van der Waals surface area contributed by atoms with E-state index < -0.39 is 0 Å². The lowest BCUT2D eigenvalue weighted by molar-refractivity contribution is -0.500. The summed E-state index contributed by atoms with van der Waals surface area (Å²) in [4.78, 5) is 4.07. The Hall–Kier alpha value is -2.10. The van der Waals surface area contributed by atoms with Gasteiger partial charge in [-0.05, 0) is 25.0 Å². The molecule has 0 spiro atoms. The van der Waals surface area contributed by atoms with Crippen LogP contribution >= 0.6 is 0 Å². The molecule has 0 saturated heterocycles. The Balaban J connectivity index is 1.90. The molecule has 1 aliphatic rings. The van der Waals surface area contributed by atoms with Gasteiger partial charge in [0, 0.05) is 25.2 Å². The molecule has 4 nitrogen and oxygen atoms in total. The molecule has 3 rings (SSSR count). The monoisotopic (exact) mass is 269 g/mol. The summed E-state index contributed by atoms with van der Waals surface area (Å²) >= 11 is 0. The number of hydroxylamine groups is 1. The summed E-state index contributed by atoms with van der Waals surface area (Å²) in [5.41, 5.74) is 1.92. The predicted molar refractivity (Wildman–Crippen MR) is 79.2 cm³/mol. The first kappa shape index (κ1) is 12.9. The first-order valence-electron chi connectivity index (χ1n) is 7.22. The molecule has 1 saturated carbocycles. The van der Waals surface area contributed by atoms with Crippen molar-refractivity contribution in [3.05, 3.63) is 53.8 Å². The van der Waals surface area contributed by atoms with Crippen LogP contribution in [0.4, 0.5) is 0 Å². The molecule has 1 aromatic carbocycles. The van der Waals surface area contributed by atoms with Gasteiger partial charge < -0.3 is 9.77 Å². The maximum atomic E-state index is 12.3. The zero-order chi connectivity index (χ0) is 13.8. The van der Waals surface area contributed by atoms with Crippen LogP contribution in [0.15, 0.2) is 43.0 Å². The standard InChI is InChI=1S/C16H19N3O/c20-19(15-7-2-1-3-8-15)12-14-6-4-5-9-16(14)18-11-10-17-13-18/h4-6,9-13,15H,1-3,7-8H2. The Labute approximate surface area is 119 Å². The maximum absolute atomic E-state index is 12.3. The van der Waals surface area contributed by atoms with E-state index in [0.29, 0.717) is 0 Å². The lowest BCUT2D eigenvalue weighted by atomic mass is 9.96. The molecule has 0 atom stereocenters. The van der Waals surface area contributed by atoms with E-state index in [1.54, 1.807) is 18.7 Å². The zero-order valence-corrected chi connectivity index (χ0v) is 11.5. The summed E-state index contributed by atoms with van der Waals surface area (Å²) in [6.45, 7) is 0. The molecule has 0 amide bonds. The van der Waals surface area contributed by atoms with Crippen LogP contribution in [0, 0.1) is 5.21 Å². The van der Waals surface area contributed by atoms with E-state index in [9.17, 15) is 5.21 Å². The Morgan fingerprint density at radius 1 is 1.20 bits per heavy atom. The van der Waals surface area contributed by atoms with E-state index in [-0.39, 0.29) is 6.04 Å². The number of benzene rings is 1. The van der Waals surface area contributed by atoms with Crippen molar-refractivity contribution in [1.29, 1.82) is 0 Å². The number of nitrogens with zero attached hydrogens (tertiary/aromatic N) is 3. The van der Waals surface area contributed by atoms with Crippen molar-refractivity contribution in [1.82, 2.24) is 9.55 Å². The van der Waals surface area contributed by atoms with E-state index in [1.165, 1.54) is 19.3 Å². The minimum absolute atomic E-state index is 0.139. The molecular weight excluding hydrogens is 250 g/mol. The Morgan fingerprint density at radius 3 is 2.75 bits per heavy atom. The molecule has 2 aromatic rings. The molecule has 1 aromatic heterocycles. The number of hydrogen-bond acceptors (Lipinski definition) is 2. The third kappa shape index (κ3) is 2.74. The molecule has 0 unspecified atom stereocenters. The average molecular weight is 269 g/mol. The molecular formula is C16H19N3O. The lowest BCUT2D eigenvalue weighted by Gasteiger charge is -2.21. The van der Waals surface area contributed by atoms with Crippen molar-refractivity contribution < 1.29 is 4.74 Å². The van der Waals surface area contributed by atoms with Crippen molar-refractivity contribution in [3.63, 3.8) is 0 Å². The highest BCUT2D eigenvalue weighted by atomic mass is 16.5.